The third-order valence-electron chi connectivity index (χ3n) is 0.923. The van der Waals surface area contributed by atoms with E-state index in [-0.39, 0.29) is 0 Å². The summed E-state index contributed by atoms with van der Waals surface area (Å²) in [5, 5.41) is 0. The summed E-state index contributed by atoms with van der Waals surface area (Å²) in [7, 11) is 5.58. The molecule has 1 atom stereocenters. The zero-order valence-electron chi connectivity index (χ0n) is 6.18. The quantitative estimate of drug-likeness (QED) is 0.335. The molecular formula is C5H14NO2P+2. The predicted octanol–water partition coefficient (Wildman–Crippen LogP) is 0.648. The molecule has 3 nitrogen and oxygen atoms in total. The molecule has 0 radical (unpaired) electrons. The summed E-state index contributed by atoms with van der Waals surface area (Å²) >= 11 is 0. The van der Waals surface area contributed by atoms with E-state index in [1.54, 1.807) is 0 Å². The van der Waals surface area contributed by atoms with Gasteiger partial charge in [-0.3, -0.25) is 0 Å². The summed E-state index contributed by atoms with van der Waals surface area (Å²) in [6.07, 6.45) is 0. The minimum Gasteiger partial charge on any atom is -0.329 e. The van der Waals surface area contributed by atoms with Crippen LogP contribution in [0, 0.1) is 0 Å². The van der Waals surface area contributed by atoms with Gasteiger partial charge in [0.25, 0.3) is 0 Å². The summed E-state index contributed by atoms with van der Waals surface area (Å²) in [5.41, 5.74) is 0. The van der Waals surface area contributed by atoms with E-state index in [2.05, 4.69) is 25.7 Å². The van der Waals surface area contributed by atoms with Gasteiger partial charge in [-0.15, -0.1) is 4.52 Å². The van der Waals surface area contributed by atoms with E-state index in [0.29, 0.717) is 6.61 Å². The van der Waals surface area contributed by atoms with Gasteiger partial charge < -0.3 is 4.48 Å². The van der Waals surface area contributed by atoms with Crippen LogP contribution in [0.4, 0.5) is 0 Å². The van der Waals surface area contributed by atoms with Crippen molar-refractivity contribution in [3.63, 3.8) is 0 Å². The van der Waals surface area contributed by atoms with E-state index in [0.717, 1.165) is 11.0 Å². The van der Waals surface area contributed by atoms with Gasteiger partial charge in [0.05, 0.1) is 21.1 Å². The summed E-state index contributed by atoms with van der Waals surface area (Å²) in [6, 6.07) is 0. The lowest BCUT2D eigenvalue weighted by molar-refractivity contribution is -0.870. The van der Waals surface area contributed by atoms with Crippen molar-refractivity contribution in [2.24, 2.45) is 0 Å². The van der Waals surface area contributed by atoms with E-state index in [4.69, 9.17) is 0 Å². The summed E-state index contributed by atoms with van der Waals surface area (Å²) in [5.74, 6) is 0. The molecule has 0 rings (SSSR count). The molecule has 1 unspecified atom stereocenters. The van der Waals surface area contributed by atoms with Crippen LogP contribution in [0.5, 0.6) is 0 Å². The molecule has 0 spiro atoms. The first kappa shape index (κ1) is 9.02. The minimum atomic E-state index is -0.616. The lowest BCUT2D eigenvalue weighted by Crippen LogP contribution is -2.37. The highest BCUT2D eigenvalue weighted by Gasteiger charge is 2.06. The number of quaternary nitrogens is 1. The Morgan fingerprint density at radius 2 is 2.00 bits per heavy atom. The number of rotatable bonds is 4. The Morgan fingerprint density at radius 3 is 2.33 bits per heavy atom. The SMILES string of the molecule is C[N+](C)(C)CCO[PH+]=O. The molecule has 0 saturated carbocycles. The first-order chi connectivity index (χ1) is 4.06. The van der Waals surface area contributed by atoms with Crippen molar-refractivity contribution in [3.05, 3.63) is 0 Å². The molecule has 4 heteroatoms. The second kappa shape index (κ2) is 3.94. The molecule has 0 aliphatic carbocycles. The predicted molar refractivity (Wildman–Crippen MR) is 37.9 cm³/mol. The Balaban J connectivity index is 3.17. The molecule has 0 aromatic rings. The van der Waals surface area contributed by atoms with Crippen LogP contribution in [0.25, 0.3) is 0 Å². The van der Waals surface area contributed by atoms with Crippen LogP contribution in [0.1, 0.15) is 0 Å². The van der Waals surface area contributed by atoms with Crippen LogP contribution < -0.4 is 0 Å². The van der Waals surface area contributed by atoms with Gasteiger partial charge in [0.1, 0.15) is 6.54 Å². The van der Waals surface area contributed by atoms with Crippen molar-refractivity contribution in [2.45, 2.75) is 0 Å². The Morgan fingerprint density at radius 1 is 1.44 bits per heavy atom. The Hall–Kier alpha value is 0.0200. The fourth-order valence-corrected chi connectivity index (χ4v) is 0.536. The highest BCUT2D eigenvalue weighted by atomic mass is 31.1. The van der Waals surface area contributed by atoms with Crippen LogP contribution in [-0.2, 0) is 9.09 Å². The maximum Gasteiger partial charge on any atom is 0.494 e. The van der Waals surface area contributed by atoms with Crippen molar-refractivity contribution in [2.75, 3.05) is 34.3 Å². The van der Waals surface area contributed by atoms with Crippen molar-refractivity contribution in [3.8, 4) is 0 Å². The van der Waals surface area contributed by atoms with E-state index in [1.165, 1.54) is 0 Å². The average molecular weight is 151 g/mol. The van der Waals surface area contributed by atoms with Gasteiger partial charge >= 0.3 is 8.69 Å². The van der Waals surface area contributed by atoms with Gasteiger partial charge in [-0.05, 0) is 4.57 Å². The molecule has 54 valence electrons. The lowest BCUT2D eigenvalue weighted by atomic mass is 10.5. The van der Waals surface area contributed by atoms with Crippen molar-refractivity contribution >= 4 is 8.69 Å². The molecule has 0 aromatic carbocycles. The van der Waals surface area contributed by atoms with Crippen LogP contribution in [0.3, 0.4) is 0 Å². The topological polar surface area (TPSA) is 26.3 Å². The Labute approximate surface area is 57.5 Å². The number of likely N-dealkylation sites (N-methyl/N-ethyl adjacent to an activating group) is 1. The van der Waals surface area contributed by atoms with Crippen LogP contribution in [0.15, 0.2) is 0 Å². The average Bonchev–Trinajstić information content (AvgIpc) is 1.63. The highest BCUT2D eigenvalue weighted by Crippen LogP contribution is 1.96. The standard InChI is InChI=1S/C5H14NO2P/c1-6(2,3)4-5-8-9-7/h9H,4-5H2,1-3H3/q+2. The lowest BCUT2D eigenvalue weighted by Gasteiger charge is -2.21. The fourth-order valence-electron chi connectivity index (χ4n) is 0.361. The third-order valence-corrected chi connectivity index (χ3v) is 1.25. The summed E-state index contributed by atoms with van der Waals surface area (Å²) in [4.78, 5) is 0. The van der Waals surface area contributed by atoms with E-state index in [9.17, 15) is 4.57 Å². The monoisotopic (exact) mass is 151 g/mol. The van der Waals surface area contributed by atoms with Crippen LogP contribution >= 0.6 is 8.69 Å². The third kappa shape index (κ3) is 8.02. The van der Waals surface area contributed by atoms with Gasteiger partial charge in [0.2, 0.25) is 0 Å². The Kier molecular flexibility index (Phi) is 3.95. The van der Waals surface area contributed by atoms with Crippen molar-refractivity contribution in [1.29, 1.82) is 0 Å². The zero-order chi connectivity index (χ0) is 7.33. The zero-order valence-corrected chi connectivity index (χ0v) is 7.18. The maximum atomic E-state index is 9.81. The molecule has 0 heterocycles. The smallest absolute Gasteiger partial charge is 0.329 e. The number of hydrogen-bond donors (Lipinski definition) is 0. The van der Waals surface area contributed by atoms with Gasteiger partial charge in [-0.1, -0.05) is 0 Å². The van der Waals surface area contributed by atoms with E-state index >= 15 is 0 Å². The van der Waals surface area contributed by atoms with Gasteiger partial charge in [-0.2, -0.15) is 0 Å². The highest BCUT2D eigenvalue weighted by molar-refractivity contribution is 7.17. The molecule has 0 aromatic heterocycles. The van der Waals surface area contributed by atoms with Crippen LogP contribution in [0.2, 0.25) is 0 Å². The molecule has 0 N–H and O–H groups in total. The molecule has 0 fully saturated rings. The van der Waals surface area contributed by atoms with Crippen molar-refractivity contribution < 1.29 is 13.6 Å². The largest absolute Gasteiger partial charge is 0.494 e. The van der Waals surface area contributed by atoms with E-state index < -0.39 is 8.69 Å². The second-order valence-corrected chi connectivity index (χ2v) is 3.40. The normalized spacial score (nSPS) is 12.3. The van der Waals surface area contributed by atoms with Gasteiger partial charge in [-0.25, -0.2) is 0 Å². The first-order valence-corrected chi connectivity index (χ1v) is 3.67. The summed E-state index contributed by atoms with van der Waals surface area (Å²) in [6.45, 7) is 1.47. The molecule has 9 heavy (non-hydrogen) atoms. The fraction of sp³-hybridized carbons (Fsp3) is 1.00. The van der Waals surface area contributed by atoms with Gasteiger partial charge in [0, 0.05) is 0 Å². The molecule has 0 aliphatic rings. The number of nitrogens with zero attached hydrogens (tertiary/aromatic N) is 1. The number of hydrogen-bond acceptors (Lipinski definition) is 2. The van der Waals surface area contributed by atoms with E-state index in [1.807, 2.05) is 0 Å². The van der Waals surface area contributed by atoms with Gasteiger partial charge in [0.15, 0.2) is 6.61 Å². The maximum absolute atomic E-state index is 9.81. The minimum absolute atomic E-state index is 0.575. The van der Waals surface area contributed by atoms with Crippen LogP contribution in [-0.4, -0.2) is 38.8 Å². The molecular weight excluding hydrogens is 137 g/mol. The Bertz CT molecular complexity index is 89.4. The summed E-state index contributed by atoms with van der Waals surface area (Å²) < 4.78 is 15.3. The molecule has 0 bridgehead atoms. The van der Waals surface area contributed by atoms with Crippen molar-refractivity contribution in [1.82, 2.24) is 0 Å². The first-order valence-electron chi connectivity index (χ1n) is 2.85. The molecule has 0 amide bonds. The molecule has 0 aliphatic heterocycles. The second-order valence-electron chi connectivity index (χ2n) is 2.95. The molecule has 0 saturated heterocycles.